The van der Waals surface area contributed by atoms with E-state index in [4.69, 9.17) is 14.5 Å². The molecule has 0 atom stereocenters. The Labute approximate surface area is 167 Å². The van der Waals surface area contributed by atoms with E-state index in [1.54, 1.807) is 14.2 Å². The van der Waals surface area contributed by atoms with Crippen molar-refractivity contribution >= 4 is 5.96 Å². The first kappa shape index (κ1) is 20.0. The molecular weight excluding hydrogens is 354 g/mol. The third-order valence-electron chi connectivity index (χ3n) is 5.00. The van der Waals surface area contributed by atoms with Crippen LogP contribution in [-0.2, 0) is 26.4 Å². The average Bonchev–Trinajstić information content (AvgIpc) is 3.13. The molecule has 0 amide bonds. The van der Waals surface area contributed by atoms with Gasteiger partial charge in [-0.3, -0.25) is 9.67 Å². The number of nitrogens with zero attached hydrogens (tertiary/aromatic N) is 4. The topological polar surface area (TPSA) is 63.9 Å². The minimum Gasteiger partial charge on any atom is -0.493 e. The lowest BCUT2D eigenvalue weighted by Gasteiger charge is -2.32. The summed E-state index contributed by atoms with van der Waals surface area (Å²) in [5.41, 5.74) is 3.85. The molecule has 152 valence electrons. The Bertz CT molecular complexity index is 815. The fraction of sp³-hybridized carbons (Fsp3) is 0.524. The Hall–Kier alpha value is -2.70. The highest BCUT2D eigenvalue weighted by molar-refractivity contribution is 5.80. The van der Waals surface area contributed by atoms with Crippen molar-refractivity contribution in [2.75, 3.05) is 33.9 Å². The van der Waals surface area contributed by atoms with E-state index >= 15 is 0 Å². The summed E-state index contributed by atoms with van der Waals surface area (Å²) >= 11 is 0. The maximum atomic E-state index is 5.47. The predicted molar refractivity (Wildman–Crippen MR) is 111 cm³/mol. The fourth-order valence-corrected chi connectivity index (χ4v) is 3.56. The zero-order valence-electron chi connectivity index (χ0n) is 17.4. The number of rotatable bonds is 7. The number of aliphatic imine (C=N–C) groups is 1. The van der Waals surface area contributed by atoms with Crippen molar-refractivity contribution < 1.29 is 9.47 Å². The normalized spacial score (nSPS) is 14.0. The molecule has 0 radical (unpaired) electrons. The number of aromatic nitrogens is 2. The molecule has 7 nitrogen and oxygen atoms in total. The van der Waals surface area contributed by atoms with Crippen LogP contribution in [0, 0.1) is 0 Å². The average molecular weight is 386 g/mol. The second-order valence-electron chi connectivity index (χ2n) is 7.01. The summed E-state index contributed by atoms with van der Waals surface area (Å²) in [6.45, 7) is 5.53. The molecule has 2 aromatic rings. The van der Waals surface area contributed by atoms with Gasteiger partial charge in [0, 0.05) is 39.4 Å². The molecule has 0 fully saturated rings. The zero-order chi connectivity index (χ0) is 19.9. The van der Waals surface area contributed by atoms with Crippen LogP contribution in [0.5, 0.6) is 11.5 Å². The Morgan fingerprint density at radius 2 is 1.96 bits per heavy atom. The molecule has 1 aromatic heterocycles. The molecule has 7 heteroatoms. The first-order chi connectivity index (χ1) is 13.6. The van der Waals surface area contributed by atoms with Crippen LogP contribution in [0.1, 0.15) is 30.0 Å². The van der Waals surface area contributed by atoms with Crippen LogP contribution >= 0.6 is 0 Å². The third kappa shape index (κ3) is 4.77. The fourth-order valence-electron chi connectivity index (χ4n) is 3.56. The van der Waals surface area contributed by atoms with Crippen molar-refractivity contribution in [1.29, 1.82) is 0 Å². The quantitative estimate of drug-likeness (QED) is 0.450. The van der Waals surface area contributed by atoms with Crippen LogP contribution < -0.4 is 14.8 Å². The van der Waals surface area contributed by atoms with E-state index in [1.807, 2.05) is 17.9 Å². The van der Waals surface area contributed by atoms with Gasteiger partial charge in [0.2, 0.25) is 0 Å². The maximum Gasteiger partial charge on any atom is 0.194 e. The minimum absolute atomic E-state index is 0.779. The second-order valence-corrected chi connectivity index (χ2v) is 7.01. The number of aryl methyl sites for hydroxylation is 2. The minimum atomic E-state index is 0.779. The number of hydrogen-bond acceptors (Lipinski definition) is 4. The molecule has 2 heterocycles. The Morgan fingerprint density at radius 1 is 1.21 bits per heavy atom. The van der Waals surface area contributed by atoms with Gasteiger partial charge in [0.1, 0.15) is 0 Å². The van der Waals surface area contributed by atoms with Gasteiger partial charge in [0.25, 0.3) is 0 Å². The highest BCUT2D eigenvalue weighted by Gasteiger charge is 2.21. The summed E-state index contributed by atoms with van der Waals surface area (Å²) in [7, 11) is 5.31. The van der Waals surface area contributed by atoms with Gasteiger partial charge in [-0.1, -0.05) is 0 Å². The van der Waals surface area contributed by atoms with E-state index in [-0.39, 0.29) is 0 Å². The lowest BCUT2D eigenvalue weighted by molar-refractivity contribution is 0.346. The zero-order valence-corrected chi connectivity index (χ0v) is 17.4. The molecule has 1 N–H and O–H groups in total. The summed E-state index contributed by atoms with van der Waals surface area (Å²) in [5.74, 6) is 2.56. The molecule has 28 heavy (non-hydrogen) atoms. The van der Waals surface area contributed by atoms with Crippen molar-refractivity contribution in [1.82, 2.24) is 20.0 Å². The first-order valence-electron chi connectivity index (χ1n) is 9.89. The molecule has 0 unspecified atom stereocenters. The number of hydrogen-bond donors (Lipinski definition) is 1. The lowest BCUT2D eigenvalue weighted by atomic mass is 9.99. The second kappa shape index (κ2) is 9.48. The van der Waals surface area contributed by atoms with Crippen molar-refractivity contribution in [3.05, 3.63) is 41.2 Å². The van der Waals surface area contributed by atoms with E-state index in [2.05, 4.69) is 40.6 Å². The molecule has 0 saturated heterocycles. The van der Waals surface area contributed by atoms with E-state index < -0.39 is 0 Å². The highest BCUT2D eigenvalue weighted by atomic mass is 16.5. The Balaban J connectivity index is 1.65. The van der Waals surface area contributed by atoms with E-state index in [0.717, 1.165) is 62.9 Å². The van der Waals surface area contributed by atoms with E-state index in [0.29, 0.717) is 0 Å². The predicted octanol–water partition coefficient (Wildman–Crippen LogP) is 2.39. The molecule has 0 aliphatic carbocycles. The van der Waals surface area contributed by atoms with Gasteiger partial charge in [-0.05, 0) is 55.0 Å². The van der Waals surface area contributed by atoms with Crippen LogP contribution in [0.2, 0.25) is 0 Å². The van der Waals surface area contributed by atoms with Crippen LogP contribution in [0.25, 0.3) is 0 Å². The number of fused-ring (bicyclic) bond motifs is 1. The molecule has 0 bridgehead atoms. The Morgan fingerprint density at radius 3 is 2.61 bits per heavy atom. The summed E-state index contributed by atoms with van der Waals surface area (Å²) in [5, 5.41) is 7.66. The lowest BCUT2D eigenvalue weighted by Crippen LogP contribution is -2.44. The van der Waals surface area contributed by atoms with Gasteiger partial charge in [-0.2, -0.15) is 5.10 Å². The van der Waals surface area contributed by atoms with Crippen LogP contribution in [0.4, 0.5) is 0 Å². The monoisotopic (exact) mass is 385 g/mol. The third-order valence-corrected chi connectivity index (χ3v) is 5.00. The number of nitrogens with one attached hydrogen (secondary N) is 1. The van der Waals surface area contributed by atoms with Gasteiger partial charge in [-0.25, -0.2) is 0 Å². The summed E-state index contributed by atoms with van der Waals surface area (Å²) in [6, 6.07) is 4.19. The molecule has 3 rings (SSSR count). The number of methoxy groups -OCH3 is 2. The standard InChI is InChI=1S/C21H31N5O2/c1-5-22-21(23-9-6-7-16-13-24-25(2)14-16)26-10-8-17-11-19(27-3)20(28-4)12-18(17)15-26/h11-14H,5-10,15H2,1-4H3,(H,22,23). The van der Waals surface area contributed by atoms with Gasteiger partial charge < -0.3 is 19.7 Å². The van der Waals surface area contributed by atoms with Crippen LogP contribution in [0.3, 0.4) is 0 Å². The van der Waals surface area contributed by atoms with Gasteiger partial charge in [-0.15, -0.1) is 0 Å². The molecule has 1 aromatic carbocycles. The molecular formula is C21H31N5O2. The smallest absolute Gasteiger partial charge is 0.194 e. The van der Waals surface area contributed by atoms with Gasteiger partial charge >= 0.3 is 0 Å². The number of benzene rings is 1. The van der Waals surface area contributed by atoms with Crippen molar-refractivity contribution in [2.24, 2.45) is 12.0 Å². The van der Waals surface area contributed by atoms with Gasteiger partial charge in [0.15, 0.2) is 17.5 Å². The van der Waals surface area contributed by atoms with E-state index in [9.17, 15) is 0 Å². The maximum absolute atomic E-state index is 5.47. The summed E-state index contributed by atoms with van der Waals surface area (Å²) in [6.07, 6.45) is 6.97. The molecule has 1 aliphatic heterocycles. The van der Waals surface area contributed by atoms with Crippen LogP contribution in [-0.4, -0.2) is 54.5 Å². The highest BCUT2D eigenvalue weighted by Crippen LogP contribution is 2.33. The number of ether oxygens (including phenoxy) is 2. The van der Waals surface area contributed by atoms with Crippen molar-refractivity contribution in [2.45, 2.75) is 32.7 Å². The largest absolute Gasteiger partial charge is 0.493 e. The Kier molecular flexibility index (Phi) is 6.79. The van der Waals surface area contributed by atoms with Crippen molar-refractivity contribution in [3.8, 4) is 11.5 Å². The van der Waals surface area contributed by atoms with Crippen LogP contribution in [0.15, 0.2) is 29.5 Å². The van der Waals surface area contributed by atoms with Gasteiger partial charge in [0.05, 0.1) is 20.4 Å². The number of guanidine groups is 1. The summed E-state index contributed by atoms with van der Waals surface area (Å²) in [4.78, 5) is 7.18. The van der Waals surface area contributed by atoms with Crippen molar-refractivity contribution in [3.63, 3.8) is 0 Å². The summed E-state index contributed by atoms with van der Waals surface area (Å²) < 4.78 is 12.8. The molecule has 1 aliphatic rings. The first-order valence-corrected chi connectivity index (χ1v) is 9.89. The SMILES string of the molecule is CCNC(=NCCCc1cnn(C)c1)N1CCc2cc(OC)c(OC)cc2C1. The molecule has 0 saturated carbocycles. The van der Waals surface area contributed by atoms with E-state index in [1.165, 1.54) is 16.7 Å². The molecule has 0 spiro atoms.